The van der Waals surface area contributed by atoms with E-state index < -0.39 is 5.92 Å². The van der Waals surface area contributed by atoms with Crippen LogP contribution in [0.1, 0.15) is 70.4 Å². The molecule has 2 aromatic rings. The Bertz CT molecular complexity index is 1320. The van der Waals surface area contributed by atoms with Crippen LogP contribution in [-0.4, -0.2) is 11.6 Å². The molecule has 0 saturated carbocycles. The van der Waals surface area contributed by atoms with Crippen LogP contribution in [0, 0.1) is 10.8 Å². The summed E-state index contributed by atoms with van der Waals surface area (Å²) in [7, 11) is 0. The van der Waals surface area contributed by atoms with Crippen molar-refractivity contribution in [3.8, 4) is 5.75 Å². The summed E-state index contributed by atoms with van der Waals surface area (Å²) < 4.78 is 7.30. The quantitative estimate of drug-likeness (QED) is 0.382. The third-order valence-corrected chi connectivity index (χ3v) is 8.39. The highest BCUT2D eigenvalue weighted by molar-refractivity contribution is 9.10. The van der Waals surface area contributed by atoms with Gasteiger partial charge in [-0.05, 0) is 53.5 Å². The molecule has 2 aromatic carbocycles. The lowest BCUT2D eigenvalue weighted by Crippen LogP contribution is -2.42. The second kappa shape index (κ2) is 9.59. The molecule has 5 rings (SSSR count). The normalized spacial score (nSPS) is 20.9. The van der Waals surface area contributed by atoms with E-state index in [1.165, 1.54) is 0 Å². The summed E-state index contributed by atoms with van der Waals surface area (Å²) >= 11 is 16.7. The SMILES string of the molecule is CC1(C)CC(=O)C2=C(C1)NC1=C(C(=O)CC(C)(C)C1)C2c1cc(Cl)cc(Cl)c1OCc1ccc(Br)cc1. The summed E-state index contributed by atoms with van der Waals surface area (Å²) in [6, 6.07) is 11.3. The Labute approximate surface area is 236 Å². The van der Waals surface area contributed by atoms with Crippen LogP contribution in [0.3, 0.4) is 0 Å². The minimum absolute atomic E-state index is 0.0443. The molecule has 0 atom stereocenters. The Morgan fingerprint density at radius 2 is 1.43 bits per heavy atom. The maximum absolute atomic E-state index is 13.7. The average molecular weight is 603 g/mol. The molecule has 194 valence electrons. The summed E-state index contributed by atoms with van der Waals surface area (Å²) in [5.74, 6) is -0.0322. The van der Waals surface area contributed by atoms with E-state index >= 15 is 0 Å². The van der Waals surface area contributed by atoms with Gasteiger partial charge in [-0.3, -0.25) is 9.59 Å². The number of benzene rings is 2. The summed E-state index contributed by atoms with van der Waals surface area (Å²) in [6.07, 6.45) is 2.27. The van der Waals surface area contributed by atoms with Gasteiger partial charge in [-0.25, -0.2) is 0 Å². The van der Waals surface area contributed by atoms with Gasteiger partial charge in [0.05, 0.1) is 5.02 Å². The highest BCUT2D eigenvalue weighted by Gasteiger charge is 2.47. The highest BCUT2D eigenvalue weighted by atomic mass is 79.9. The van der Waals surface area contributed by atoms with Crippen molar-refractivity contribution in [2.24, 2.45) is 10.8 Å². The minimum Gasteiger partial charge on any atom is -0.487 e. The van der Waals surface area contributed by atoms with E-state index in [9.17, 15) is 9.59 Å². The standard InChI is InChI=1S/C30H30BrCl2NO3/c1-29(2)11-21-26(23(35)13-29)25(27-22(34-21)12-30(3,4)14-24(27)36)19-9-18(32)10-20(33)28(19)37-15-16-5-7-17(31)8-6-16/h5-10,25,34H,11-15H2,1-4H3. The van der Waals surface area contributed by atoms with E-state index in [1.54, 1.807) is 12.1 Å². The van der Waals surface area contributed by atoms with Crippen LogP contribution < -0.4 is 10.1 Å². The maximum Gasteiger partial charge on any atom is 0.162 e. The van der Waals surface area contributed by atoms with Gasteiger partial charge in [-0.15, -0.1) is 0 Å². The molecule has 0 bridgehead atoms. The lowest BCUT2D eigenvalue weighted by atomic mass is 9.64. The van der Waals surface area contributed by atoms with Crippen molar-refractivity contribution in [2.75, 3.05) is 0 Å². The molecule has 1 heterocycles. The number of halogens is 3. The van der Waals surface area contributed by atoms with Crippen molar-refractivity contribution in [3.63, 3.8) is 0 Å². The summed E-state index contributed by atoms with van der Waals surface area (Å²) in [5, 5.41) is 4.34. The molecule has 0 aromatic heterocycles. The lowest BCUT2D eigenvalue weighted by Gasteiger charge is -2.44. The molecule has 7 heteroatoms. The first-order chi connectivity index (χ1) is 17.3. The highest BCUT2D eigenvalue weighted by Crippen LogP contribution is 2.53. The molecule has 0 fully saturated rings. The number of Topliss-reactive ketones (excluding diaryl/α,β-unsaturated/α-hetero) is 2. The number of rotatable bonds is 4. The largest absolute Gasteiger partial charge is 0.487 e. The average Bonchev–Trinajstić information content (AvgIpc) is 2.76. The van der Waals surface area contributed by atoms with E-state index in [2.05, 4.69) is 48.9 Å². The predicted molar refractivity (Wildman–Crippen MR) is 151 cm³/mol. The number of hydrogen-bond acceptors (Lipinski definition) is 4. The van der Waals surface area contributed by atoms with Crippen molar-refractivity contribution < 1.29 is 14.3 Å². The number of hydrogen-bond donors (Lipinski definition) is 1. The van der Waals surface area contributed by atoms with Gasteiger partial charge in [0.1, 0.15) is 12.4 Å². The van der Waals surface area contributed by atoms with Crippen molar-refractivity contribution in [2.45, 2.75) is 65.9 Å². The number of dihydropyridines is 1. The van der Waals surface area contributed by atoms with Gasteiger partial charge in [-0.2, -0.15) is 0 Å². The molecular formula is C30H30BrCl2NO3. The van der Waals surface area contributed by atoms with E-state index in [-0.39, 0.29) is 29.0 Å². The second-order valence-corrected chi connectivity index (χ2v) is 13.7. The van der Waals surface area contributed by atoms with Crippen LogP contribution in [0.25, 0.3) is 0 Å². The van der Waals surface area contributed by atoms with E-state index in [0.29, 0.717) is 45.3 Å². The first kappa shape index (κ1) is 26.5. The van der Waals surface area contributed by atoms with Crippen LogP contribution in [-0.2, 0) is 16.2 Å². The van der Waals surface area contributed by atoms with Gasteiger partial charge >= 0.3 is 0 Å². The number of carbonyl (C=O) groups excluding carboxylic acids is 2. The second-order valence-electron chi connectivity index (χ2n) is 11.9. The van der Waals surface area contributed by atoms with E-state index in [1.807, 2.05) is 24.3 Å². The number of ketones is 2. The maximum atomic E-state index is 13.7. The molecule has 1 N–H and O–H groups in total. The molecule has 3 aliphatic rings. The molecule has 37 heavy (non-hydrogen) atoms. The number of nitrogens with one attached hydrogen (secondary N) is 1. The fourth-order valence-corrected chi connectivity index (χ4v) is 6.71. The van der Waals surface area contributed by atoms with Crippen LogP contribution in [0.2, 0.25) is 10.0 Å². The van der Waals surface area contributed by atoms with E-state index in [0.717, 1.165) is 34.3 Å². The zero-order chi connectivity index (χ0) is 26.7. The van der Waals surface area contributed by atoms with Crippen molar-refractivity contribution in [1.82, 2.24) is 5.32 Å². The van der Waals surface area contributed by atoms with Gasteiger partial charge in [-0.1, -0.05) is 79.0 Å². The summed E-state index contributed by atoms with van der Waals surface area (Å²) in [5.41, 5.74) is 4.35. The van der Waals surface area contributed by atoms with Crippen molar-refractivity contribution in [1.29, 1.82) is 0 Å². The molecule has 1 aliphatic heterocycles. The zero-order valence-corrected chi connectivity index (χ0v) is 24.5. The lowest BCUT2D eigenvalue weighted by molar-refractivity contribution is -0.119. The third-order valence-electron chi connectivity index (χ3n) is 7.36. The molecule has 0 unspecified atom stereocenters. The number of allylic oxidation sites excluding steroid dienone is 4. The Kier molecular flexibility index (Phi) is 6.87. The molecule has 0 radical (unpaired) electrons. The molecular weight excluding hydrogens is 573 g/mol. The van der Waals surface area contributed by atoms with Crippen LogP contribution >= 0.6 is 39.1 Å². The predicted octanol–water partition coefficient (Wildman–Crippen LogP) is 8.31. The van der Waals surface area contributed by atoms with Crippen LogP contribution in [0.4, 0.5) is 0 Å². The van der Waals surface area contributed by atoms with Crippen molar-refractivity contribution >= 4 is 50.7 Å². The van der Waals surface area contributed by atoms with E-state index in [4.69, 9.17) is 27.9 Å². The molecule has 0 amide bonds. The Morgan fingerprint density at radius 1 is 0.892 bits per heavy atom. The fraction of sp³-hybridized carbons (Fsp3) is 0.400. The molecule has 2 aliphatic carbocycles. The fourth-order valence-electron chi connectivity index (χ4n) is 5.88. The van der Waals surface area contributed by atoms with Crippen molar-refractivity contribution in [3.05, 3.63) is 84.6 Å². The van der Waals surface area contributed by atoms with Crippen LogP contribution in [0.15, 0.2) is 63.4 Å². The smallest absolute Gasteiger partial charge is 0.162 e. The summed E-state index contributed by atoms with van der Waals surface area (Å²) in [6.45, 7) is 8.71. The number of carbonyl (C=O) groups is 2. The first-order valence-electron chi connectivity index (χ1n) is 12.5. The first-order valence-corrected chi connectivity index (χ1v) is 14.0. The van der Waals surface area contributed by atoms with Gasteiger partial charge in [0.2, 0.25) is 0 Å². The monoisotopic (exact) mass is 601 g/mol. The van der Waals surface area contributed by atoms with Gasteiger partial charge < -0.3 is 10.1 Å². The molecule has 0 saturated heterocycles. The summed E-state index contributed by atoms with van der Waals surface area (Å²) in [4.78, 5) is 27.4. The molecule has 0 spiro atoms. The molecule has 4 nitrogen and oxygen atoms in total. The third kappa shape index (κ3) is 5.28. The Morgan fingerprint density at radius 3 is 1.97 bits per heavy atom. The van der Waals surface area contributed by atoms with Gasteiger partial charge in [0.15, 0.2) is 11.6 Å². The Balaban J connectivity index is 1.67. The van der Waals surface area contributed by atoms with Gasteiger partial charge in [0.25, 0.3) is 0 Å². The zero-order valence-electron chi connectivity index (χ0n) is 21.4. The van der Waals surface area contributed by atoms with Gasteiger partial charge in [0, 0.05) is 56.4 Å². The minimum atomic E-state index is -0.574. The topological polar surface area (TPSA) is 55.4 Å². The number of ether oxygens (including phenoxy) is 1. The Hall–Kier alpha value is -2.08. The van der Waals surface area contributed by atoms with Crippen LogP contribution in [0.5, 0.6) is 5.75 Å².